The van der Waals surface area contributed by atoms with Crippen LogP contribution in [0.4, 0.5) is 4.39 Å². The van der Waals surface area contributed by atoms with Crippen molar-refractivity contribution in [3.63, 3.8) is 0 Å². The van der Waals surface area contributed by atoms with Crippen molar-refractivity contribution in [3.8, 4) is 5.75 Å². The van der Waals surface area contributed by atoms with E-state index in [-0.39, 0.29) is 36.2 Å². The first kappa shape index (κ1) is 16.5. The van der Waals surface area contributed by atoms with E-state index < -0.39 is 5.82 Å². The fourth-order valence-electron chi connectivity index (χ4n) is 1.66. The van der Waals surface area contributed by atoms with Crippen molar-refractivity contribution in [3.05, 3.63) is 63.9 Å². The second-order valence-electron chi connectivity index (χ2n) is 3.91. The molecule has 0 aliphatic carbocycles. The molecule has 0 fully saturated rings. The molecule has 2 rings (SSSR count). The Balaban J connectivity index is 0.00000200. The Hall–Kier alpha value is -1.59. The molecule has 2 aromatic rings. The molecule has 0 unspecified atom stereocenters. The van der Waals surface area contributed by atoms with Crippen molar-refractivity contribution in [2.45, 2.75) is 6.61 Å². The zero-order valence-electron chi connectivity index (χ0n) is 10.4. The van der Waals surface area contributed by atoms with E-state index in [1.807, 2.05) is 24.3 Å². The monoisotopic (exact) mass is 358 g/mol. The molecule has 0 saturated heterocycles. The first-order valence-corrected chi connectivity index (χ1v) is 6.38. The van der Waals surface area contributed by atoms with Crippen LogP contribution in [0, 0.1) is 11.2 Å². The van der Waals surface area contributed by atoms with Gasteiger partial charge in [-0.05, 0) is 18.2 Å². The zero-order chi connectivity index (χ0) is 13.8. The van der Waals surface area contributed by atoms with Gasteiger partial charge >= 0.3 is 0 Å². The summed E-state index contributed by atoms with van der Waals surface area (Å²) >= 11 is 3.41. The van der Waals surface area contributed by atoms with Gasteiger partial charge < -0.3 is 10.5 Å². The highest BCUT2D eigenvalue weighted by atomic mass is 79.9. The van der Waals surface area contributed by atoms with Crippen molar-refractivity contribution in [2.75, 3.05) is 0 Å². The molecule has 106 valence electrons. The molecule has 0 amide bonds. The third-order valence-corrected chi connectivity index (χ3v) is 3.36. The van der Waals surface area contributed by atoms with E-state index in [4.69, 9.17) is 15.9 Å². The topological polar surface area (TPSA) is 59.1 Å². The summed E-state index contributed by atoms with van der Waals surface area (Å²) in [7, 11) is 0. The van der Waals surface area contributed by atoms with Gasteiger partial charge in [0.25, 0.3) is 0 Å². The molecule has 0 radical (unpaired) electrons. The number of benzene rings is 2. The van der Waals surface area contributed by atoms with E-state index in [0.717, 1.165) is 10.0 Å². The zero-order valence-corrected chi connectivity index (χ0v) is 12.8. The lowest BCUT2D eigenvalue weighted by Crippen LogP contribution is -2.15. The third-order valence-electron chi connectivity index (χ3n) is 2.59. The van der Waals surface area contributed by atoms with Gasteiger partial charge in [-0.25, -0.2) is 4.39 Å². The number of amidine groups is 1. The lowest BCUT2D eigenvalue weighted by Gasteiger charge is -2.12. The number of nitrogen functional groups attached to an aromatic ring is 1. The molecule has 3 N–H and O–H groups in total. The Bertz CT molecular complexity index is 622. The fraction of sp³-hybridized carbons (Fsp3) is 0.0714. The lowest BCUT2D eigenvalue weighted by molar-refractivity contribution is 0.303. The summed E-state index contributed by atoms with van der Waals surface area (Å²) in [4.78, 5) is 0. The molecule has 0 aliphatic rings. The van der Waals surface area contributed by atoms with E-state index in [2.05, 4.69) is 15.9 Å². The van der Waals surface area contributed by atoms with Gasteiger partial charge in [-0.1, -0.05) is 40.2 Å². The SMILES string of the molecule is Cl.N=C(N)c1c(F)cccc1OCc1ccccc1Br. The van der Waals surface area contributed by atoms with Gasteiger partial charge in [-0.2, -0.15) is 0 Å². The summed E-state index contributed by atoms with van der Waals surface area (Å²) in [6, 6.07) is 12.0. The average Bonchev–Trinajstić information content (AvgIpc) is 2.37. The first-order valence-electron chi connectivity index (χ1n) is 5.58. The molecule has 20 heavy (non-hydrogen) atoms. The number of hydrogen-bond acceptors (Lipinski definition) is 2. The van der Waals surface area contributed by atoms with Crippen LogP contribution < -0.4 is 10.5 Å². The maximum absolute atomic E-state index is 13.6. The molecule has 0 aliphatic heterocycles. The maximum atomic E-state index is 13.6. The summed E-state index contributed by atoms with van der Waals surface area (Å²) in [6.45, 7) is 0.269. The number of ether oxygens (including phenoxy) is 1. The Morgan fingerprint density at radius 2 is 1.90 bits per heavy atom. The summed E-state index contributed by atoms with van der Waals surface area (Å²) in [5.41, 5.74) is 6.29. The van der Waals surface area contributed by atoms with E-state index in [1.54, 1.807) is 6.07 Å². The molecule has 0 atom stereocenters. The van der Waals surface area contributed by atoms with Gasteiger partial charge in [-0.3, -0.25) is 5.41 Å². The highest BCUT2D eigenvalue weighted by molar-refractivity contribution is 9.10. The molecule has 0 heterocycles. The molecule has 0 aromatic heterocycles. The van der Waals surface area contributed by atoms with Crippen LogP contribution in [0.3, 0.4) is 0 Å². The number of hydrogen-bond donors (Lipinski definition) is 2. The van der Waals surface area contributed by atoms with Crippen molar-refractivity contribution in [2.24, 2.45) is 5.73 Å². The van der Waals surface area contributed by atoms with E-state index in [1.165, 1.54) is 12.1 Å². The largest absolute Gasteiger partial charge is 0.488 e. The quantitative estimate of drug-likeness (QED) is 0.643. The van der Waals surface area contributed by atoms with Gasteiger partial charge in [0.2, 0.25) is 0 Å². The smallest absolute Gasteiger partial charge is 0.137 e. The number of halogens is 3. The summed E-state index contributed by atoms with van der Waals surface area (Å²) in [5, 5.41) is 7.39. The van der Waals surface area contributed by atoms with Gasteiger partial charge in [0.05, 0.1) is 5.56 Å². The van der Waals surface area contributed by atoms with E-state index in [0.29, 0.717) is 0 Å². The predicted octanol–water partition coefficient (Wildman–Crippen LogP) is 3.87. The highest BCUT2D eigenvalue weighted by Gasteiger charge is 2.12. The van der Waals surface area contributed by atoms with Crippen molar-refractivity contribution in [1.29, 1.82) is 5.41 Å². The van der Waals surface area contributed by atoms with Crippen LogP contribution in [0.1, 0.15) is 11.1 Å². The van der Waals surface area contributed by atoms with Gasteiger partial charge in [0, 0.05) is 10.0 Å². The third kappa shape index (κ3) is 3.71. The lowest BCUT2D eigenvalue weighted by atomic mass is 10.1. The van der Waals surface area contributed by atoms with Crippen molar-refractivity contribution < 1.29 is 9.13 Å². The summed E-state index contributed by atoms with van der Waals surface area (Å²) < 4.78 is 20.1. The summed E-state index contributed by atoms with van der Waals surface area (Å²) in [6.07, 6.45) is 0. The first-order chi connectivity index (χ1) is 9.09. The van der Waals surface area contributed by atoms with Crippen LogP contribution >= 0.6 is 28.3 Å². The van der Waals surface area contributed by atoms with Crippen LogP contribution in [0.2, 0.25) is 0 Å². The molecule has 0 bridgehead atoms. The van der Waals surface area contributed by atoms with Crippen LogP contribution in [-0.2, 0) is 6.61 Å². The number of nitrogens with one attached hydrogen (secondary N) is 1. The molecule has 0 saturated carbocycles. The maximum Gasteiger partial charge on any atom is 0.137 e. The van der Waals surface area contributed by atoms with E-state index in [9.17, 15) is 4.39 Å². The second kappa shape index (κ2) is 7.26. The standard InChI is InChI=1S/C14H12BrFN2O.ClH/c15-10-5-2-1-4-9(10)8-19-12-7-3-6-11(16)13(12)14(17)18;/h1-7H,8H2,(H3,17,18);1H. The Morgan fingerprint density at radius 3 is 2.55 bits per heavy atom. The predicted molar refractivity (Wildman–Crippen MR) is 83.1 cm³/mol. The second-order valence-corrected chi connectivity index (χ2v) is 4.76. The number of nitrogens with two attached hydrogens (primary N) is 1. The van der Waals surface area contributed by atoms with Crippen LogP contribution in [0.25, 0.3) is 0 Å². The molecule has 0 spiro atoms. The average molecular weight is 360 g/mol. The van der Waals surface area contributed by atoms with Gasteiger partial charge in [0.1, 0.15) is 24.0 Å². The number of rotatable bonds is 4. The molecular formula is C14H13BrClFN2O. The minimum atomic E-state index is -0.558. The normalized spacial score (nSPS) is 9.70. The van der Waals surface area contributed by atoms with Crippen molar-refractivity contribution in [1.82, 2.24) is 0 Å². The molecule has 6 heteroatoms. The van der Waals surface area contributed by atoms with Crippen LogP contribution in [0.15, 0.2) is 46.9 Å². The van der Waals surface area contributed by atoms with Gasteiger partial charge in [-0.15, -0.1) is 12.4 Å². The molecule has 2 aromatic carbocycles. The minimum Gasteiger partial charge on any atom is -0.488 e. The van der Waals surface area contributed by atoms with Crippen molar-refractivity contribution >= 4 is 34.2 Å². The van der Waals surface area contributed by atoms with Crippen LogP contribution in [0.5, 0.6) is 5.75 Å². The fourth-order valence-corrected chi connectivity index (χ4v) is 2.06. The van der Waals surface area contributed by atoms with Crippen LogP contribution in [-0.4, -0.2) is 5.84 Å². The molecule has 3 nitrogen and oxygen atoms in total. The Morgan fingerprint density at radius 1 is 1.20 bits per heavy atom. The van der Waals surface area contributed by atoms with E-state index >= 15 is 0 Å². The summed E-state index contributed by atoms with van der Waals surface area (Å²) in [5.74, 6) is -0.638. The Kier molecular flexibility index (Phi) is 5.98. The highest BCUT2D eigenvalue weighted by Crippen LogP contribution is 2.23. The Labute approximate surface area is 131 Å². The van der Waals surface area contributed by atoms with Gasteiger partial charge in [0.15, 0.2) is 0 Å². The minimum absolute atomic E-state index is 0. The molecular weight excluding hydrogens is 347 g/mol.